The molecule has 3 rings (SSSR count). The molecule has 1 aromatic carbocycles. The van der Waals surface area contributed by atoms with Gasteiger partial charge in [-0.1, -0.05) is 16.8 Å². The molecular weight excluding hydrogens is 306 g/mol. The molecule has 0 aliphatic carbocycles. The minimum absolute atomic E-state index is 0.137. The fraction of sp³-hybridized carbons (Fsp3) is 0.467. The van der Waals surface area contributed by atoms with Crippen LogP contribution in [0.25, 0.3) is 0 Å². The molecule has 0 N–H and O–H groups in total. The summed E-state index contributed by atoms with van der Waals surface area (Å²) in [7, 11) is 0. The monoisotopic (exact) mass is 323 g/mol. The number of halogens is 1. The van der Waals surface area contributed by atoms with Crippen molar-refractivity contribution in [2.24, 2.45) is 0 Å². The van der Waals surface area contributed by atoms with Gasteiger partial charge in [0, 0.05) is 31.6 Å². The van der Waals surface area contributed by atoms with Crippen LogP contribution in [0, 0.1) is 6.92 Å². The Morgan fingerprint density at radius 2 is 2.18 bits per heavy atom. The second kappa shape index (κ2) is 7.09. The van der Waals surface area contributed by atoms with E-state index in [0.717, 1.165) is 25.4 Å². The van der Waals surface area contributed by atoms with Crippen molar-refractivity contribution in [3.8, 4) is 5.75 Å². The highest BCUT2D eigenvalue weighted by atomic mass is 35.5. The summed E-state index contributed by atoms with van der Waals surface area (Å²) in [5.41, 5.74) is 0. The minimum Gasteiger partial charge on any atom is -0.492 e. The molecule has 0 saturated carbocycles. The summed E-state index contributed by atoms with van der Waals surface area (Å²) in [4.78, 5) is 6.51. The SMILES string of the molecule is Cc1nc([C@H]2CN(CCOc3ccc(Cl)cc3)CCO2)no1. The van der Waals surface area contributed by atoms with E-state index in [1.165, 1.54) is 0 Å². The number of ether oxygens (including phenoxy) is 2. The highest BCUT2D eigenvalue weighted by Crippen LogP contribution is 2.20. The maximum atomic E-state index is 5.85. The lowest BCUT2D eigenvalue weighted by molar-refractivity contribution is -0.0379. The fourth-order valence-corrected chi connectivity index (χ4v) is 2.46. The van der Waals surface area contributed by atoms with Crippen LogP contribution in [0.3, 0.4) is 0 Å². The van der Waals surface area contributed by atoms with Gasteiger partial charge in [0.25, 0.3) is 0 Å². The Balaban J connectivity index is 1.47. The highest BCUT2D eigenvalue weighted by molar-refractivity contribution is 6.30. The van der Waals surface area contributed by atoms with Crippen LogP contribution in [0.5, 0.6) is 5.75 Å². The van der Waals surface area contributed by atoms with Gasteiger partial charge in [0.2, 0.25) is 11.7 Å². The first-order chi connectivity index (χ1) is 10.7. The van der Waals surface area contributed by atoms with E-state index < -0.39 is 0 Å². The molecule has 0 bridgehead atoms. The van der Waals surface area contributed by atoms with Gasteiger partial charge in [-0.15, -0.1) is 0 Å². The number of morpholine rings is 1. The van der Waals surface area contributed by atoms with E-state index in [9.17, 15) is 0 Å². The Bertz CT molecular complexity index is 602. The smallest absolute Gasteiger partial charge is 0.223 e. The summed E-state index contributed by atoms with van der Waals surface area (Å²) in [6.45, 7) is 5.47. The van der Waals surface area contributed by atoms with E-state index in [2.05, 4.69) is 15.0 Å². The summed E-state index contributed by atoms with van der Waals surface area (Å²) < 4.78 is 16.4. The molecule has 2 aromatic rings. The number of benzene rings is 1. The van der Waals surface area contributed by atoms with E-state index in [0.29, 0.717) is 30.0 Å². The molecule has 1 aromatic heterocycles. The van der Waals surface area contributed by atoms with Gasteiger partial charge in [-0.2, -0.15) is 4.98 Å². The highest BCUT2D eigenvalue weighted by Gasteiger charge is 2.25. The lowest BCUT2D eigenvalue weighted by atomic mass is 10.2. The number of hydrogen-bond acceptors (Lipinski definition) is 6. The van der Waals surface area contributed by atoms with Gasteiger partial charge in [-0.25, -0.2) is 0 Å². The van der Waals surface area contributed by atoms with Crippen molar-refractivity contribution in [2.75, 3.05) is 32.8 Å². The predicted molar refractivity (Wildman–Crippen MR) is 81.1 cm³/mol. The summed E-state index contributed by atoms with van der Waals surface area (Å²) in [6, 6.07) is 7.37. The van der Waals surface area contributed by atoms with E-state index >= 15 is 0 Å². The molecule has 1 saturated heterocycles. The Hall–Kier alpha value is -1.63. The summed E-state index contributed by atoms with van der Waals surface area (Å²) in [6.07, 6.45) is -0.137. The van der Waals surface area contributed by atoms with E-state index in [1.807, 2.05) is 24.3 Å². The molecule has 6 nitrogen and oxygen atoms in total. The lowest BCUT2D eigenvalue weighted by Gasteiger charge is -2.31. The second-order valence-corrected chi connectivity index (χ2v) is 5.57. The number of hydrogen-bond donors (Lipinski definition) is 0. The van der Waals surface area contributed by atoms with Gasteiger partial charge in [0.05, 0.1) is 6.61 Å². The number of nitrogens with zero attached hydrogens (tertiary/aromatic N) is 3. The molecule has 1 aliphatic rings. The average Bonchev–Trinajstić information content (AvgIpc) is 2.96. The Morgan fingerprint density at radius 1 is 1.36 bits per heavy atom. The number of rotatable bonds is 5. The van der Waals surface area contributed by atoms with Crippen molar-refractivity contribution >= 4 is 11.6 Å². The van der Waals surface area contributed by atoms with Gasteiger partial charge in [0.1, 0.15) is 18.5 Å². The second-order valence-electron chi connectivity index (χ2n) is 5.13. The van der Waals surface area contributed by atoms with Gasteiger partial charge >= 0.3 is 0 Å². The van der Waals surface area contributed by atoms with Gasteiger partial charge in [-0.3, -0.25) is 4.90 Å². The molecule has 0 spiro atoms. The van der Waals surface area contributed by atoms with Crippen LogP contribution >= 0.6 is 11.6 Å². The first-order valence-corrected chi connectivity index (χ1v) is 7.61. The van der Waals surface area contributed by atoms with Crippen LogP contribution in [0.1, 0.15) is 17.8 Å². The topological polar surface area (TPSA) is 60.6 Å². The van der Waals surface area contributed by atoms with Crippen molar-refractivity contribution in [3.63, 3.8) is 0 Å². The van der Waals surface area contributed by atoms with Crippen molar-refractivity contribution < 1.29 is 14.0 Å². The quantitative estimate of drug-likeness (QED) is 0.842. The first-order valence-electron chi connectivity index (χ1n) is 7.23. The lowest BCUT2D eigenvalue weighted by Crippen LogP contribution is -2.40. The van der Waals surface area contributed by atoms with Crippen molar-refractivity contribution in [2.45, 2.75) is 13.0 Å². The predicted octanol–water partition coefficient (Wildman–Crippen LogP) is 2.48. The van der Waals surface area contributed by atoms with Crippen LogP contribution in [-0.4, -0.2) is 47.9 Å². The minimum atomic E-state index is -0.137. The van der Waals surface area contributed by atoms with Gasteiger partial charge in [-0.05, 0) is 24.3 Å². The van der Waals surface area contributed by atoms with Crippen LogP contribution in [0.15, 0.2) is 28.8 Å². The third-order valence-electron chi connectivity index (χ3n) is 3.47. The largest absolute Gasteiger partial charge is 0.492 e. The maximum Gasteiger partial charge on any atom is 0.223 e. The molecule has 1 aliphatic heterocycles. The summed E-state index contributed by atoms with van der Waals surface area (Å²) in [5, 5.41) is 4.64. The zero-order valence-corrected chi connectivity index (χ0v) is 13.1. The molecular formula is C15H18ClN3O3. The maximum absolute atomic E-state index is 5.85. The summed E-state index contributed by atoms with van der Waals surface area (Å²) in [5.74, 6) is 1.99. The zero-order chi connectivity index (χ0) is 15.4. The molecule has 2 heterocycles. The van der Waals surface area contributed by atoms with Crippen LogP contribution < -0.4 is 4.74 Å². The fourth-order valence-electron chi connectivity index (χ4n) is 2.33. The van der Waals surface area contributed by atoms with E-state index in [4.69, 9.17) is 25.6 Å². The molecule has 0 unspecified atom stereocenters. The standard InChI is InChI=1S/C15H18ClN3O3/c1-11-17-15(18-22-11)14-10-19(7-9-21-14)6-8-20-13-4-2-12(16)3-5-13/h2-5,14H,6-10H2,1H3/t14-/m1/s1. The van der Waals surface area contributed by atoms with Gasteiger partial charge < -0.3 is 14.0 Å². The van der Waals surface area contributed by atoms with Gasteiger partial charge in [0.15, 0.2) is 0 Å². The summed E-state index contributed by atoms with van der Waals surface area (Å²) >= 11 is 5.85. The van der Waals surface area contributed by atoms with Crippen LogP contribution in [-0.2, 0) is 4.74 Å². The molecule has 7 heteroatoms. The Labute approximate surface area is 134 Å². The Kier molecular flexibility index (Phi) is 4.92. The molecule has 22 heavy (non-hydrogen) atoms. The first kappa shape index (κ1) is 15.3. The Morgan fingerprint density at radius 3 is 2.91 bits per heavy atom. The van der Waals surface area contributed by atoms with E-state index in [-0.39, 0.29) is 6.10 Å². The molecule has 118 valence electrons. The van der Waals surface area contributed by atoms with Crippen LogP contribution in [0.2, 0.25) is 5.02 Å². The van der Waals surface area contributed by atoms with Crippen molar-refractivity contribution in [1.29, 1.82) is 0 Å². The molecule has 0 radical (unpaired) electrons. The third kappa shape index (κ3) is 3.97. The average molecular weight is 324 g/mol. The number of aryl methyl sites for hydroxylation is 1. The van der Waals surface area contributed by atoms with E-state index in [1.54, 1.807) is 6.92 Å². The van der Waals surface area contributed by atoms with Crippen LogP contribution in [0.4, 0.5) is 0 Å². The molecule has 0 amide bonds. The van der Waals surface area contributed by atoms with Crippen molar-refractivity contribution in [1.82, 2.24) is 15.0 Å². The third-order valence-corrected chi connectivity index (χ3v) is 3.72. The molecule has 1 fully saturated rings. The van der Waals surface area contributed by atoms with Crippen molar-refractivity contribution in [3.05, 3.63) is 41.0 Å². The zero-order valence-electron chi connectivity index (χ0n) is 12.4. The molecule has 1 atom stereocenters. The normalized spacial score (nSPS) is 19.3. The number of aromatic nitrogens is 2.